The van der Waals surface area contributed by atoms with Crippen LogP contribution in [-0.4, -0.2) is 47.1 Å². The number of nitrogens with one attached hydrogen (secondary N) is 1. The molecule has 0 aliphatic rings. The maximum atomic E-state index is 10.3. The van der Waals surface area contributed by atoms with Crippen molar-refractivity contribution in [2.45, 2.75) is 39.2 Å². The zero-order valence-corrected chi connectivity index (χ0v) is 10.1. The molecule has 1 atom stereocenters. The molecule has 0 heterocycles. The van der Waals surface area contributed by atoms with E-state index in [0.717, 1.165) is 12.8 Å². The van der Waals surface area contributed by atoms with Crippen LogP contribution in [0.25, 0.3) is 0 Å². The van der Waals surface area contributed by atoms with Crippen LogP contribution in [-0.2, 0) is 4.79 Å². The summed E-state index contributed by atoms with van der Waals surface area (Å²) < 4.78 is 0. The number of aliphatic carboxylic acids is 1. The van der Waals surface area contributed by atoms with Gasteiger partial charge in [0, 0.05) is 25.1 Å². The molecule has 0 spiro atoms. The lowest BCUT2D eigenvalue weighted by Crippen LogP contribution is -2.40. The third kappa shape index (κ3) is 5.44. The first-order valence-electron chi connectivity index (χ1n) is 5.71. The zero-order valence-electron chi connectivity index (χ0n) is 10.1. The third-order valence-electron chi connectivity index (χ3n) is 3.13. The maximum absolute atomic E-state index is 10.3. The average Bonchev–Trinajstić information content (AvgIpc) is 2.24. The molecule has 1 unspecified atom stereocenters. The van der Waals surface area contributed by atoms with Gasteiger partial charge in [0.2, 0.25) is 0 Å². The quantitative estimate of drug-likeness (QED) is 0.457. The van der Waals surface area contributed by atoms with Crippen molar-refractivity contribution in [2.75, 3.05) is 19.7 Å². The lowest BCUT2D eigenvalue weighted by Gasteiger charge is -2.30. The number of hydrogen-bond acceptors (Lipinski definition) is 4. The monoisotopic (exact) mass is 233 g/mol. The Morgan fingerprint density at radius 1 is 1.38 bits per heavy atom. The van der Waals surface area contributed by atoms with Crippen molar-refractivity contribution >= 4 is 5.97 Å². The van der Waals surface area contributed by atoms with Crippen LogP contribution in [0.2, 0.25) is 0 Å². The van der Waals surface area contributed by atoms with Gasteiger partial charge >= 0.3 is 5.97 Å². The van der Waals surface area contributed by atoms with E-state index in [-0.39, 0.29) is 25.0 Å². The molecule has 0 rings (SSSR count). The highest BCUT2D eigenvalue weighted by Crippen LogP contribution is 2.24. The van der Waals surface area contributed by atoms with Gasteiger partial charge in [-0.2, -0.15) is 0 Å². The van der Waals surface area contributed by atoms with Gasteiger partial charge in [-0.05, 0) is 12.8 Å². The normalized spacial score (nSPS) is 13.8. The molecule has 96 valence electrons. The standard InChI is InChI=1S/C11H23NO4/c1-3-11(4-2,8-13)7-12-6-9(14)5-10(15)16/h9,12-14H,3-8H2,1-2H3,(H,15,16). The number of rotatable bonds is 9. The minimum atomic E-state index is -1.01. The first kappa shape index (κ1) is 15.3. The van der Waals surface area contributed by atoms with E-state index < -0.39 is 12.1 Å². The Bertz CT molecular complexity index is 196. The van der Waals surface area contributed by atoms with E-state index in [4.69, 9.17) is 5.11 Å². The van der Waals surface area contributed by atoms with Crippen molar-refractivity contribution in [1.82, 2.24) is 5.32 Å². The van der Waals surface area contributed by atoms with E-state index in [9.17, 15) is 15.0 Å². The fraction of sp³-hybridized carbons (Fsp3) is 0.909. The second-order valence-corrected chi connectivity index (χ2v) is 4.25. The zero-order chi connectivity index (χ0) is 12.6. The summed E-state index contributed by atoms with van der Waals surface area (Å²) in [6.07, 6.45) is 0.573. The average molecular weight is 233 g/mol. The summed E-state index contributed by atoms with van der Waals surface area (Å²) in [4.78, 5) is 10.3. The molecule has 0 aliphatic heterocycles. The van der Waals surface area contributed by atoms with Crippen LogP contribution in [0.5, 0.6) is 0 Å². The molecule has 0 aromatic rings. The van der Waals surface area contributed by atoms with Crippen molar-refractivity contribution in [3.8, 4) is 0 Å². The van der Waals surface area contributed by atoms with E-state index in [2.05, 4.69) is 5.32 Å². The number of aliphatic hydroxyl groups excluding tert-OH is 2. The van der Waals surface area contributed by atoms with Gasteiger partial charge in [0.25, 0.3) is 0 Å². The van der Waals surface area contributed by atoms with Crippen molar-refractivity contribution in [3.63, 3.8) is 0 Å². The summed E-state index contributed by atoms with van der Waals surface area (Å²) >= 11 is 0. The molecule has 0 saturated carbocycles. The predicted octanol–water partition coefficient (Wildman–Crippen LogP) is 0.210. The summed E-state index contributed by atoms with van der Waals surface area (Å²) in [5.41, 5.74) is -0.164. The highest BCUT2D eigenvalue weighted by molar-refractivity contribution is 5.67. The first-order valence-corrected chi connectivity index (χ1v) is 5.71. The van der Waals surface area contributed by atoms with Crippen molar-refractivity contribution in [2.24, 2.45) is 5.41 Å². The Balaban J connectivity index is 3.90. The first-order chi connectivity index (χ1) is 7.49. The molecule has 0 radical (unpaired) electrons. The summed E-state index contributed by atoms with van der Waals surface area (Å²) in [5, 5.41) is 30.1. The van der Waals surface area contributed by atoms with E-state index in [1.807, 2.05) is 13.8 Å². The molecule has 5 nitrogen and oxygen atoms in total. The number of carboxylic acids is 1. The fourth-order valence-corrected chi connectivity index (χ4v) is 1.56. The lowest BCUT2D eigenvalue weighted by molar-refractivity contribution is -0.139. The Labute approximate surface area is 96.5 Å². The summed E-state index contributed by atoms with van der Waals surface area (Å²) in [7, 11) is 0. The molecule has 0 aromatic carbocycles. The second kappa shape index (κ2) is 7.60. The van der Waals surface area contributed by atoms with Crippen LogP contribution in [0.4, 0.5) is 0 Å². The highest BCUT2D eigenvalue weighted by Gasteiger charge is 2.24. The molecule has 0 aliphatic carbocycles. The van der Waals surface area contributed by atoms with Crippen LogP contribution >= 0.6 is 0 Å². The molecular formula is C11H23NO4. The Morgan fingerprint density at radius 2 is 1.94 bits per heavy atom. The Morgan fingerprint density at radius 3 is 2.31 bits per heavy atom. The molecule has 0 aromatic heterocycles. The topological polar surface area (TPSA) is 89.8 Å². The molecule has 5 heteroatoms. The van der Waals surface area contributed by atoms with Crippen LogP contribution in [0.15, 0.2) is 0 Å². The van der Waals surface area contributed by atoms with Crippen LogP contribution in [0.1, 0.15) is 33.1 Å². The Hall–Kier alpha value is -0.650. The molecule has 0 amide bonds. The SMILES string of the molecule is CCC(CC)(CO)CNCC(O)CC(=O)O. The number of hydrogen-bond donors (Lipinski definition) is 4. The van der Waals surface area contributed by atoms with Crippen molar-refractivity contribution in [1.29, 1.82) is 0 Å². The molecular weight excluding hydrogens is 210 g/mol. The number of carboxylic acid groups (broad SMARTS) is 1. The van der Waals surface area contributed by atoms with Crippen LogP contribution < -0.4 is 5.32 Å². The summed E-state index contributed by atoms with van der Waals surface area (Å²) in [6, 6.07) is 0. The minimum Gasteiger partial charge on any atom is -0.481 e. The van der Waals surface area contributed by atoms with Crippen molar-refractivity contribution in [3.05, 3.63) is 0 Å². The van der Waals surface area contributed by atoms with Gasteiger partial charge in [0.15, 0.2) is 0 Å². The molecule has 4 N–H and O–H groups in total. The van der Waals surface area contributed by atoms with Crippen LogP contribution in [0, 0.1) is 5.41 Å². The number of aliphatic hydroxyl groups is 2. The Kier molecular flexibility index (Phi) is 7.29. The van der Waals surface area contributed by atoms with Gasteiger partial charge < -0.3 is 20.6 Å². The van der Waals surface area contributed by atoms with Crippen molar-refractivity contribution < 1.29 is 20.1 Å². The predicted molar refractivity (Wildman–Crippen MR) is 61.2 cm³/mol. The molecule has 0 bridgehead atoms. The van der Waals surface area contributed by atoms with Gasteiger partial charge in [-0.25, -0.2) is 0 Å². The number of carbonyl (C=O) groups is 1. The van der Waals surface area contributed by atoms with E-state index in [0.29, 0.717) is 6.54 Å². The molecule has 16 heavy (non-hydrogen) atoms. The smallest absolute Gasteiger partial charge is 0.306 e. The van der Waals surface area contributed by atoms with Gasteiger partial charge in [0.05, 0.1) is 12.5 Å². The minimum absolute atomic E-state index is 0.0992. The highest BCUT2D eigenvalue weighted by atomic mass is 16.4. The van der Waals surface area contributed by atoms with Gasteiger partial charge in [-0.3, -0.25) is 4.79 Å². The van der Waals surface area contributed by atoms with Crippen LogP contribution in [0.3, 0.4) is 0 Å². The van der Waals surface area contributed by atoms with E-state index in [1.54, 1.807) is 0 Å². The summed E-state index contributed by atoms with van der Waals surface area (Å²) in [6.45, 7) is 4.95. The summed E-state index contributed by atoms with van der Waals surface area (Å²) in [5.74, 6) is -1.01. The van der Waals surface area contributed by atoms with Gasteiger partial charge in [-0.15, -0.1) is 0 Å². The second-order valence-electron chi connectivity index (χ2n) is 4.25. The largest absolute Gasteiger partial charge is 0.481 e. The lowest BCUT2D eigenvalue weighted by atomic mass is 9.83. The molecule has 0 saturated heterocycles. The van der Waals surface area contributed by atoms with Gasteiger partial charge in [0.1, 0.15) is 0 Å². The van der Waals surface area contributed by atoms with Gasteiger partial charge in [-0.1, -0.05) is 13.8 Å². The van der Waals surface area contributed by atoms with E-state index in [1.165, 1.54) is 0 Å². The fourth-order valence-electron chi connectivity index (χ4n) is 1.56. The van der Waals surface area contributed by atoms with E-state index >= 15 is 0 Å². The maximum Gasteiger partial charge on any atom is 0.306 e. The molecule has 0 fully saturated rings. The third-order valence-corrected chi connectivity index (χ3v) is 3.13.